The van der Waals surface area contributed by atoms with Crippen molar-refractivity contribution in [3.63, 3.8) is 0 Å². The molecule has 1 aromatic rings. The number of fused-ring (bicyclic) bond motifs is 2. The summed E-state index contributed by atoms with van der Waals surface area (Å²) in [6.45, 7) is 5.98. The van der Waals surface area contributed by atoms with Gasteiger partial charge in [0.1, 0.15) is 6.04 Å². The van der Waals surface area contributed by atoms with Gasteiger partial charge in [0, 0.05) is 48.8 Å². The molecule has 0 radical (unpaired) electrons. The molecule has 1 aromatic carbocycles. The lowest BCUT2D eigenvalue weighted by atomic mass is 9.95. The molecule has 9 nitrogen and oxygen atoms in total. The fourth-order valence-electron chi connectivity index (χ4n) is 5.91. The Kier molecular flexibility index (Phi) is 6.40. The highest BCUT2D eigenvalue weighted by atomic mass is 16.2. The van der Waals surface area contributed by atoms with Gasteiger partial charge in [0.25, 0.3) is 5.91 Å². The van der Waals surface area contributed by atoms with Gasteiger partial charge in [0.2, 0.25) is 17.7 Å². The number of amides is 4. The third-order valence-corrected chi connectivity index (χ3v) is 8.36. The average Bonchev–Trinajstić information content (AvgIpc) is 3.10. The van der Waals surface area contributed by atoms with Gasteiger partial charge in [-0.2, -0.15) is 0 Å². The topological polar surface area (TPSA) is 111 Å². The Labute approximate surface area is 206 Å². The van der Waals surface area contributed by atoms with E-state index in [4.69, 9.17) is 0 Å². The van der Waals surface area contributed by atoms with E-state index in [0.717, 1.165) is 31.4 Å². The van der Waals surface area contributed by atoms with Gasteiger partial charge in [0.15, 0.2) is 0 Å². The summed E-state index contributed by atoms with van der Waals surface area (Å²) in [6, 6.07) is 5.20. The lowest BCUT2D eigenvalue weighted by Gasteiger charge is -2.29. The number of nitrogens with zero attached hydrogens (tertiary/aromatic N) is 2. The van der Waals surface area contributed by atoms with E-state index in [1.807, 2.05) is 0 Å². The maximum atomic E-state index is 12.9. The number of benzene rings is 1. The molecule has 0 aliphatic carbocycles. The summed E-state index contributed by atoms with van der Waals surface area (Å²) < 4.78 is 0. The van der Waals surface area contributed by atoms with E-state index in [1.165, 1.54) is 17.7 Å². The minimum absolute atomic E-state index is 0.0565. The van der Waals surface area contributed by atoms with Crippen LogP contribution in [0.1, 0.15) is 81.1 Å². The average molecular weight is 482 g/mol. The van der Waals surface area contributed by atoms with Crippen LogP contribution in [0.3, 0.4) is 0 Å². The molecule has 0 saturated carbocycles. The predicted octanol–water partition coefficient (Wildman–Crippen LogP) is 2.12. The predicted molar refractivity (Wildman–Crippen MR) is 130 cm³/mol. The number of carbonyl (C=O) groups excluding carboxylic acids is 4. The zero-order chi connectivity index (χ0) is 24.7. The SMILES string of the molecule is CC1NC2N(CCCCCCCC(=O)Nc3cccc4c3CN(C3CCC(=O)NC3=O)C4=O)C12C. The zero-order valence-corrected chi connectivity index (χ0v) is 20.6. The molecule has 4 amide bonds. The van der Waals surface area contributed by atoms with Gasteiger partial charge in [-0.15, -0.1) is 0 Å². The van der Waals surface area contributed by atoms with Crippen molar-refractivity contribution in [3.8, 4) is 0 Å². The molecule has 4 heterocycles. The van der Waals surface area contributed by atoms with Crippen molar-refractivity contribution >= 4 is 29.3 Å². The molecule has 5 unspecified atom stereocenters. The highest BCUT2D eigenvalue weighted by Gasteiger charge is 2.69. The lowest BCUT2D eigenvalue weighted by Crippen LogP contribution is -2.53. The maximum absolute atomic E-state index is 12.9. The second-order valence-corrected chi connectivity index (χ2v) is 10.5. The van der Waals surface area contributed by atoms with Gasteiger partial charge in [-0.25, -0.2) is 0 Å². The second kappa shape index (κ2) is 9.35. The van der Waals surface area contributed by atoms with E-state index in [0.29, 0.717) is 41.8 Å². The zero-order valence-electron chi connectivity index (χ0n) is 20.6. The number of hydrogen-bond donors (Lipinski definition) is 3. The highest BCUT2D eigenvalue weighted by molar-refractivity contribution is 6.06. The van der Waals surface area contributed by atoms with Gasteiger partial charge in [-0.3, -0.25) is 34.7 Å². The number of piperidine rings is 1. The van der Waals surface area contributed by atoms with Crippen LogP contribution in [0, 0.1) is 0 Å². The molecule has 188 valence electrons. The van der Waals surface area contributed by atoms with Crippen molar-refractivity contribution in [2.24, 2.45) is 0 Å². The molecule has 35 heavy (non-hydrogen) atoms. The van der Waals surface area contributed by atoms with Crippen LogP contribution in [0.2, 0.25) is 0 Å². The van der Waals surface area contributed by atoms with Crippen LogP contribution in [0.15, 0.2) is 18.2 Å². The third-order valence-electron chi connectivity index (χ3n) is 8.36. The fraction of sp³-hybridized carbons (Fsp3) is 0.615. The number of nitrogens with one attached hydrogen (secondary N) is 3. The number of rotatable bonds is 10. The number of hydrogen-bond acceptors (Lipinski definition) is 6. The van der Waals surface area contributed by atoms with E-state index >= 15 is 0 Å². The molecule has 5 atom stereocenters. The van der Waals surface area contributed by atoms with Crippen LogP contribution in [0.5, 0.6) is 0 Å². The molecule has 4 aliphatic rings. The van der Waals surface area contributed by atoms with Gasteiger partial charge in [0.05, 0.1) is 11.7 Å². The van der Waals surface area contributed by atoms with E-state index in [1.54, 1.807) is 18.2 Å². The van der Waals surface area contributed by atoms with Crippen LogP contribution in [-0.2, 0) is 20.9 Å². The van der Waals surface area contributed by atoms with Crippen molar-refractivity contribution < 1.29 is 19.2 Å². The second-order valence-electron chi connectivity index (χ2n) is 10.5. The smallest absolute Gasteiger partial charge is 0.255 e. The Morgan fingerprint density at radius 3 is 2.63 bits per heavy atom. The first-order chi connectivity index (χ1) is 16.8. The van der Waals surface area contributed by atoms with Crippen LogP contribution in [0.25, 0.3) is 0 Å². The molecule has 5 rings (SSSR count). The van der Waals surface area contributed by atoms with Crippen molar-refractivity contribution in [2.45, 2.75) is 95.5 Å². The molecule has 9 heteroatoms. The Bertz CT molecular complexity index is 1060. The van der Waals surface area contributed by atoms with E-state index in [2.05, 4.69) is 34.7 Å². The lowest BCUT2D eigenvalue weighted by molar-refractivity contribution is -0.137. The van der Waals surface area contributed by atoms with Crippen LogP contribution < -0.4 is 16.0 Å². The molecule has 3 N–H and O–H groups in total. The number of imide groups is 1. The minimum Gasteiger partial charge on any atom is -0.326 e. The molecule has 3 fully saturated rings. The summed E-state index contributed by atoms with van der Waals surface area (Å²) in [6.07, 6.45) is 6.94. The Morgan fingerprint density at radius 1 is 1.14 bits per heavy atom. The largest absolute Gasteiger partial charge is 0.326 e. The summed E-state index contributed by atoms with van der Waals surface area (Å²) in [4.78, 5) is 53.3. The highest BCUT2D eigenvalue weighted by Crippen LogP contribution is 2.49. The van der Waals surface area contributed by atoms with Crippen molar-refractivity contribution in [1.29, 1.82) is 0 Å². The first-order valence-electron chi connectivity index (χ1n) is 12.9. The molecule has 4 aliphatic heterocycles. The van der Waals surface area contributed by atoms with Crippen molar-refractivity contribution in [3.05, 3.63) is 29.3 Å². The summed E-state index contributed by atoms with van der Waals surface area (Å²) in [5, 5.41) is 8.82. The molecule has 3 saturated heterocycles. The first kappa shape index (κ1) is 23.9. The van der Waals surface area contributed by atoms with E-state index < -0.39 is 11.9 Å². The summed E-state index contributed by atoms with van der Waals surface area (Å²) >= 11 is 0. The van der Waals surface area contributed by atoms with Gasteiger partial charge in [-0.1, -0.05) is 25.3 Å². The summed E-state index contributed by atoms with van der Waals surface area (Å²) in [7, 11) is 0. The maximum Gasteiger partial charge on any atom is 0.255 e. The number of anilines is 1. The third kappa shape index (κ3) is 4.36. The number of unbranched alkanes of at least 4 members (excludes halogenated alkanes) is 4. The van der Waals surface area contributed by atoms with Crippen LogP contribution in [0.4, 0.5) is 5.69 Å². The summed E-state index contributed by atoms with van der Waals surface area (Å²) in [5.41, 5.74) is 2.25. The van der Waals surface area contributed by atoms with Crippen LogP contribution >= 0.6 is 0 Å². The minimum atomic E-state index is -0.662. The normalized spacial score (nSPS) is 30.9. The summed E-state index contributed by atoms with van der Waals surface area (Å²) in [5.74, 6) is -1.04. The monoisotopic (exact) mass is 481 g/mol. The van der Waals surface area contributed by atoms with Gasteiger partial charge >= 0.3 is 0 Å². The van der Waals surface area contributed by atoms with E-state index in [-0.39, 0.29) is 30.7 Å². The molecular formula is C26H35N5O4. The standard InChI is InChI=1S/C26H35N5O4/c1-16-26(2)25(27-16)31(26)14-7-5-3-4-6-11-21(32)28-19-10-8-9-17-18(19)15-30(24(17)35)20-12-13-22(33)29-23(20)34/h8-10,16,20,25,27H,3-7,11-15H2,1-2H3,(H,28,32)(H,29,33,34). The Morgan fingerprint density at radius 2 is 1.91 bits per heavy atom. The molecular weight excluding hydrogens is 446 g/mol. The quantitative estimate of drug-likeness (QED) is 0.268. The Hall–Kier alpha value is -2.78. The van der Waals surface area contributed by atoms with Gasteiger partial charge in [-0.05, 0) is 45.2 Å². The van der Waals surface area contributed by atoms with Gasteiger partial charge < -0.3 is 10.2 Å². The first-order valence-corrected chi connectivity index (χ1v) is 12.9. The molecule has 0 aromatic heterocycles. The van der Waals surface area contributed by atoms with E-state index in [9.17, 15) is 19.2 Å². The van der Waals surface area contributed by atoms with Crippen molar-refractivity contribution in [1.82, 2.24) is 20.4 Å². The number of carbonyl (C=O) groups is 4. The molecule has 0 bridgehead atoms. The fourth-order valence-corrected chi connectivity index (χ4v) is 5.91. The van der Waals surface area contributed by atoms with Crippen LogP contribution in [-0.4, -0.2) is 63.8 Å². The molecule has 0 spiro atoms. The van der Waals surface area contributed by atoms with Crippen molar-refractivity contribution in [2.75, 3.05) is 11.9 Å². The Balaban J connectivity index is 1.04.